The second-order valence-corrected chi connectivity index (χ2v) is 7.22. The van der Waals surface area contributed by atoms with Crippen molar-refractivity contribution in [3.63, 3.8) is 0 Å². The molecule has 2 aromatic rings. The number of aromatic nitrogens is 2. The van der Waals surface area contributed by atoms with Gasteiger partial charge in [-0.15, -0.1) is 0 Å². The smallest absolute Gasteiger partial charge is 0.241 e. The SMILES string of the molecule is O=S(=O)(NCc1noc(C2CC2)n1)c1ccc2c(c1)OCCO2. The molecule has 1 aliphatic heterocycles. The van der Waals surface area contributed by atoms with E-state index in [0.717, 1.165) is 12.8 Å². The summed E-state index contributed by atoms with van der Waals surface area (Å²) in [5.74, 6) is 2.22. The van der Waals surface area contributed by atoms with Crippen molar-refractivity contribution in [3.8, 4) is 11.5 Å². The predicted octanol–water partition coefficient (Wildman–Crippen LogP) is 1.20. The lowest BCUT2D eigenvalue weighted by molar-refractivity contribution is 0.171. The molecule has 0 radical (unpaired) electrons. The average Bonchev–Trinajstić information content (AvgIpc) is 3.31. The number of hydrogen-bond acceptors (Lipinski definition) is 7. The molecule has 1 aliphatic carbocycles. The van der Waals surface area contributed by atoms with Crippen LogP contribution in [0.2, 0.25) is 0 Å². The summed E-state index contributed by atoms with van der Waals surface area (Å²) in [5.41, 5.74) is 0. The van der Waals surface area contributed by atoms with Crippen molar-refractivity contribution < 1.29 is 22.4 Å². The molecule has 2 heterocycles. The molecule has 1 fully saturated rings. The predicted molar refractivity (Wildman–Crippen MR) is 77.7 cm³/mol. The lowest BCUT2D eigenvalue weighted by Gasteiger charge is -2.18. The Balaban J connectivity index is 1.48. The van der Waals surface area contributed by atoms with Gasteiger partial charge in [0.15, 0.2) is 17.3 Å². The summed E-state index contributed by atoms with van der Waals surface area (Å²) in [6.45, 7) is 0.836. The lowest BCUT2D eigenvalue weighted by Crippen LogP contribution is -2.24. The van der Waals surface area contributed by atoms with Crippen molar-refractivity contribution >= 4 is 10.0 Å². The molecule has 1 N–H and O–H groups in total. The molecule has 23 heavy (non-hydrogen) atoms. The summed E-state index contributed by atoms with van der Waals surface area (Å²) in [7, 11) is -3.69. The number of benzene rings is 1. The topological polar surface area (TPSA) is 104 Å². The van der Waals surface area contributed by atoms with Crippen molar-refractivity contribution in [1.29, 1.82) is 0 Å². The molecule has 4 rings (SSSR count). The van der Waals surface area contributed by atoms with E-state index in [4.69, 9.17) is 14.0 Å². The molecule has 0 amide bonds. The van der Waals surface area contributed by atoms with E-state index in [2.05, 4.69) is 14.9 Å². The van der Waals surface area contributed by atoms with Gasteiger partial charge in [0.1, 0.15) is 13.2 Å². The van der Waals surface area contributed by atoms with Crippen molar-refractivity contribution in [2.45, 2.75) is 30.2 Å². The second-order valence-electron chi connectivity index (χ2n) is 5.45. The van der Waals surface area contributed by atoms with E-state index in [1.54, 1.807) is 6.07 Å². The highest BCUT2D eigenvalue weighted by Gasteiger charge is 2.29. The zero-order valence-corrected chi connectivity index (χ0v) is 13.0. The zero-order valence-electron chi connectivity index (χ0n) is 12.2. The van der Waals surface area contributed by atoms with Gasteiger partial charge in [-0.25, -0.2) is 13.1 Å². The Morgan fingerprint density at radius 2 is 1.96 bits per heavy atom. The standard InChI is InChI=1S/C14H15N3O5S/c18-23(19,10-3-4-11-12(7-10)21-6-5-20-11)15-8-13-16-14(22-17-13)9-1-2-9/h3-4,7,9,15H,1-2,5-6,8H2. The molecule has 0 atom stereocenters. The van der Waals surface area contributed by atoms with Crippen molar-refractivity contribution in [2.75, 3.05) is 13.2 Å². The summed E-state index contributed by atoms with van der Waals surface area (Å²) in [5, 5.41) is 3.79. The quantitative estimate of drug-likeness (QED) is 0.874. The van der Waals surface area contributed by atoms with Crippen LogP contribution in [0.15, 0.2) is 27.6 Å². The Hall–Kier alpha value is -2.13. The third-order valence-corrected chi connectivity index (χ3v) is 5.05. The summed E-state index contributed by atoms with van der Waals surface area (Å²) >= 11 is 0. The van der Waals surface area contributed by atoms with E-state index >= 15 is 0 Å². The molecule has 1 aromatic heterocycles. The normalized spacial score (nSPS) is 17.2. The fourth-order valence-corrected chi connectivity index (χ4v) is 3.26. The van der Waals surface area contributed by atoms with Gasteiger partial charge in [0.2, 0.25) is 15.9 Å². The van der Waals surface area contributed by atoms with Crippen molar-refractivity contribution in [3.05, 3.63) is 29.9 Å². The minimum Gasteiger partial charge on any atom is -0.486 e. The van der Waals surface area contributed by atoms with Gasteiger partial charge in [-0.1, -0.05) is 5.16 Å². The fraction of sp³-hybridized carbons (Fsp3) is 0.429. The van der Waals surface area contributed by atoms with Crippen LogP contribution in [0.3, 0.4) is 0 Å². The van der Waals surface area contributed by atoms with Crippen LogP contribution in [0, 0.1) is 0 Å². The third kappa shape index (κ3) is 3.02. The highest BCUT2D eigenvalue weighted by molar-refractivity contribution is 7.89. The van der Waals surface area contributed by atoms with Crippen LogP contribution >= 0.6 is 0 Å². The molecule has 0 unspecified atom stereocenters. The maximum atomic E-state index is 12.4. The molecule has 9 heteroatoms. The van der Waals surface area contributed by atoms with Gasteiger partial charge in [0.25, 0.3) is 0 Å². The maximum absolute atomic E-state index is 12.4. The number of nitrogens with zero attached hydrogens (tertiary/aromatic N) is 2. The number of fused-ring (bicyclic) bond motifs is 1. The molecule has 0 spiro atoms. The van der Waals surface area contributed by atoms with Crippen LogP contribution in [0.4, 0.5) is 0 Å². The first kappa shape index (κ1) is 14.5. The van der Waals surface area contributed by atoms with Gasteiger partial charge in [-0.2, -0.15) is 4.98 Å². The monoisotopic (exact) mass is 337 g/mol. The Labute approximate surface area is 132 Å². The summed E-state index contributed by atoms with van der Waals surface area (Å²) in [6, 6.07) is 4.51. The van der Waals surface area contributed by atoms with Crippen LogP contribution in [0.25, 0.3) is 0 Å². The first-order valence-corrected chi connectivity index (χ1v) is 8.82. The number of hydrogen-bond donors (Lipinski definition) is 1. The first-order valence-electron chi connectivity index (χ1n) is 7.34. The largest absolute Gasteiger partial charge is 0.486 e. The van der Waals surface area contributed by atoms with Gasteiger partial charge < -0.3 is 14.0 Å². The van der Waals surface area contributed by atoms with Crippen LogP contribution < -0.4 is 14.2 Å². The Kier molecular flexibility index (Phi) is 3.46. The van der Waals surface area contributed by atoms with E-state index in [-0.39, 0.29) is 11.4 Å². The summed E-state index contributed by atoms with van der Waals surface area (Å²) in [4.78, 5) is 4.29. The highest BCUT2D eigenvalue weighted by Crippen LogP contribution is 2.38. The van der Waals surface area contributed by atoms with E-state index in [0.29, 0.717) is 42.3 Å². The average molecular weight is 337 g/mol. The van der Waals surface area contributed by atoms with Crippen LogP contribution in [0.1, 0.15) is 30.5 Å². The highest BCUT2D eigenvalue weighted by atomic mass is 32.2. The van der Waals surface area contributed by atoms with Crippen LogP contribution in [-0.2, 0) is 16.6 Å². The van der Waals surface area contributed by atoms with Gasteiger partial charge in [0, 0.05) is 12.0 Å². The molecule has 1 saturated carbocycles. The Morgan fingerprint density at radius 3 is 2.74 bits per heavy atom. The third-order valence-electron chi connectivity index (χ3n) is 3.65. The minimum atomic E-state index is -3.69. The molecule has 1 aromatic carbocycles. The fourth-order valence-electron chi connectivity index (χ4n) is 2.27. The Bertz CT molecular complexity index is 829. The maximum Gasteiger partial charge on any atom is 0.241 e. The van der Waals surface area contributed by atoms with E-state index in [1.165, 1.54) is 12.1 Å². The molecule has 122 valence electrons. The number of ether oxygens (including phenoxy) is 2. The molecule has 8 nitrogen and oxygen atoms in total. The molecule has 0 saturated heterocycles. The number of sulfonamides is 1. The van der Waals surface area contributed by atoms with Crippen molar-refractivity contribution in [1.82, 2.24) is 14.9 Å². The van der Waals surface area contributed by atoms with Gasteiger partial charge in [-0.05, 0) is 25.0 Å². The minimum absolute atomic E-state index is 0.0208. The van der Waals surface area contributed by atoms with Crippen molar-refractivity contribution in [2.24, 2.45) is 0 Å². The van der Waals surface area contributed by atoms with E-state index in [1.807, 2.05) is 0 Å². The molecular weight excluding hydrogens is 322 g/mol. The van der Waals surface area contributed by atoms with Gasteiger partial charge in [-0.3, -0.25) is 0 Å². The van der Waals surface area contributed by atoms with Crippen LogP contribution in [-0.4, -0.2) is 31.8 Å². The molecule has 2 aliphatic rings. The zero-order chi connectivity index (χ0) is 15.9. The Morgan fingerprint density at radius 1 is 1.17 bits per heavy atom. The second kappa shape index (κ2) is 5.50. The lowest BCUT2D eigenvalue weighted by atomic mass is 10.3. The van der Waals surface area contributed by atoms with Crippen LogP contribution in [0.5, 0.6) is 11.5 Å². The summed E-state index contributed by atoms with van der Waals surface area (Å²) in [6.07, 6.45) is 2.09. The van der Waals surface area contributed by atoms with Gasteiger partial charge >= 0.3 is 0 Å². The number of rotatable bonds is 5. The molecular formula is C14H15N3O5S. The van der Waals surface area contributed by atoms with E-state index < -0.39 is 10.0 Å². The first-order chi connectivity index (χ1) is 11.1. The van der Waals surface area contributed by atoms with Gasteiger partial charge in [0.05, 0.1) is 11.4 Å². The summed E-state index contributed by atoms with van der Waals surface area (Å²) < 4.78 is 43.0. The molecule has 0 bridgehead atoms. The van der Waals surface area contributed by atoms with E-state index in [9.17, 15) is 8.42 Å². The number of nitrogens with one attached hydrogen (secondary N) is 1.